The van der Waals surface area contributed by atoms with Gasteiger partial charge in [-0.2, -0.15) is 0 Å². The quantitative estimate of drug-likeness (QED) is 0.327. The molecule has 0 spiro atoms. The molecule has 0 bridgehead atoms. The van der Waals surface area contributed by atoms with Gasteiger partial charge in [0.2, 0.25) is 0 Å². The molecule has 0 aromatic heterocycles. The van der Waals surface area contributed by atoms with Gasteiger partial charge in [-0.3, -0.25) is 4.79 Å². The van der Waals surface area contributed by atoms with Crippen LogP contribution in [0.2, 0.25) is 0 Å². The lowest BCUT2D eigenvalue weighted by atomic mass is 9.97. The van der Waals surface area contributed by atoms with Crippen molar-refractivity contribution in [2.24, 2.45) is 5.73 Å². The summed E-state index contributed by atoms with van der Waals surface area (Å²) in [6.45, 7) is 2.09. The summed E-state index contributed by atoms with van der Waals surface area (Å²) in [6, 6.07) is -0.258. The van der Waals surface area contributed by atoms with Crippen molar-refractivity contribution >= 4 is 5.97 Å². The van der Waals surface area contributed by atoms with Crippen molar-refractivity contribution in [3.8, 4) is 0 Å². The van der Waals surface area contributed by atoms with E-state index in [1.807, 2.05) is 21.1 Å². The second-order valence-electron chi connectivity index (χ2n) is 4.73. The van der Waals surface area contributed by atoms with Gasteiger partial charge in [-0.1, -0.05) is 0 Å². The van der Waals surface area contributed by atoms with Crippen LogP contribution in [0, 0.1) is 0 Å². The molecule has 0 aliphatic carbocycles. The number of esters is 1. The highest BCUT2D eigenvalue weighted by Gasteiger charge is 2.24. The maximum atomic E-state index is 11.2. The summed E-state index contributed by atoms with van der Waals surface area (Å²) in [5.74, 6) is -0.352. The van der Waals surface area contributed by atoms with Crippen LogP contribution in [-0.4, -0.2) is 52.0 Å². The zero-order valence-electron chi connectivity index (χ0n) is 12.2. The molecule has 0 saturated heterocycles. The maximum Gasteiger partial charge on any atom is 0.322 e. The molecule has 0 rings (SSSR count). The number of carbonyl (C=O) groups excluding carboxylic acids is 1. The summed E-state index contributed by atoms with van der Waals surface area (Å²) in [5.41, 5.74) is 5.59. The molecule has 0 heterocycles. The smallest absolute Gasteiger partial charge is 0.322 e. The molecule has 0 aliphatic rings. The SMILES string of the molecule is CNC(CCC(N)C(=O)OC)CC(C)(NC)NC. The van der Waals surface area contributed by atoms with E-state index >= 15 is 0 Å². The highest BCUT2D eigenvalue weighted by Crippen LogP contribution is 2.13. The van der Waals surface area contributed by atoms with Crippen LogP contribution in [0.1, 0.15) is 26.2 Å². The Hall–Kier alpha value is -0.690. The van der Waals surface area contributed by atoms with Crippen LogP contribution < -0.4 is 21.7 Å². The monoisotopic (exact) mass is 260 g/mol. The molecule has 18 heavy (non-hydrogen) atoms. The molecule has 0 saturated carbocycles. The minimum atomic E-state index is -0.540. The number of carbonyl (C=O) groups is 1. The van der Waals surface area contributed by atoms with Crippen molar-refractivity contribution in [1.29, 1.82) is 0 Å². The minimum Gasteiger partial charge on any atom is -0.468 e. The number of rotatable bonds is 9. The van der Waals surface area contributed by atoms with Crippen molar-refractivity contribution in [1.82, 2.24) is 16.0 Å². The summed E-state index contributed by atoms with van der Waals surface area (Å²) in [4.78, 5) is 11.2. The molecule has 0 radical (unpaired) electrons. The Morgan fingerprint density at radius 1 is 1.28 bits per heavy atom. The fourth-order valence-corrected chi connectivity index (χ4v) is 1.82. The van der Waals surface area contributed by atoms with Crippen LogP contribution in [0.3, 0.4) is 0 Å². The van der Waals surface area contributed by atoms with Crippen molar-refractivity contribution in [2.45, 2.75) is 43.9 Å². The zero-order chi connectivity index (χ0) is 14.2. The first-order valence-corrected chi connectivity index (χ1v) is 6.31. The van der Waals surface area contributed by atoms with Gasteiger partial charge in [-0.05, 0) is 47.3 Å². The van der Waals surface area contributed by atoms with E-state index in [-0.39, 0.29) is 17.7 Å². The summed E-state index contributed by atoms with van der Waals surface area (Å²) in [5, 5.41) is 9.73. The van der Waals surface area contributed by atoms with E-state index in [1.54, 1.807) is 0 Å². The third-order valence-corrected chi connectivity index (χ3v) is 3.50. The molecule has 0 fully saturated rings. The molecule has 2 unspecified atom stereocenters. The number of hydrogen-bond donors (Lipinski definition) is 4. The molecule has 6 heteroatoms. The van der Waals surface area contributed by atoms with Crippen molar-refractivity contribution in [2.75, 3.05) is 28.3 Å². The first-order valence-electron chi connectivity index (χ1n) is 6.31. The number of methoxy groups -OCH3 is 1. The second kappa shape index (κ2) is 8.42. The number of nitrogens with two attached hydrogens (primary N) is 1. The van der Waals surface area contributed by atoms with Gasteiger partial charge in [-0.15, -0.1) is 0 Å². The normalized spacial score (nSPS) is 15.2. The first-order chi connectivity index (χ1) is 8.42. The van der Waals surface area contributed by atoms with Crippen LogP contribution in [0.4, 0.5) is 0 Å². The van der Waals surface area contributed by atoms with Gasteiger partial charge in [0.1, 0.15) is 6.04 Å². The van der Waals surface area contributed by atoms with Gasteiger partial charge in [0.15, 0.2) is 0 Å². The molecule has 0 amide bonds. The summed E-state index contributed by atoms with van der Waals surface area (Å²) >= 11 is 0. The van der Waals surface area contributed by atoms with Crippen LogP contribution >= 0.6 is 0 Å². The Balaban J connectivity index is 4.23. The zero-order valence-corrected chi connectivity index (χ0v) is 12.2. The van der Waals surface area contributed by atoms with E-state index in [2.05, 4.69) is 27.6 Å². The molecule has 0 aromatic carbocycles. The molecule has 5 N–H and O–H groups in total. The van der Waals surface area contributed by atoms with Gasteiger partial charge in [-0.25, -0.2) is 0 Å². The molecular formula is C12H28N4O2. The highest BCUT2D eigenvalue weighted by molar-refractivity contribution is 5.75. The first kappa shape index (κ1) is 17.3. The van der Waals surface area contributed by atoms with Crippen molar-refractivity contribution in [3.05, 3.63) is 0 Å². The lowest BCUT2D eigenvalue weighted by Gasteiger charge is -2.33. The molecule has 2 atom stereocenters. The van der Waals surface area contributed by atoms with E-state index < -0.39 is 6.04 Å². The Kier molecular flexibility index (Phi) is 8.10. The molecule has 6 nitrogen and oxygen atoms in total. The van der Waals surface area contributed by atoms with Crippen molar-refractivity contribution < 1.29 is 9.53 Å². The van der Waals surface area contributed by atoms with Gasteiger partial charge in [0.05, 0.1) is 12.8 Å². The van der Waals surface area contributed by atoms with E-state index in [0.717, 1.165) is 12.8 Å². The maximum absolute atomic E-state index is 11.2. The van der Waals surface area contributed by atoms with E-state index in [1.165, 1.54) is 7.11 Å². The third-order valence-electron chi connectivity index (χ3n) is 3.50. The lowest BCUT2D eigenvalue weighted by Crippen LogP contribution is -2.54. The minimum absolute atomic E-state index is 0.136. The topological polar surface area (TPSA) is 88.4 Å². The second-order valence-corrected chi connectivity index (χ2v) is 4.73. The van der Waals surface area contributed by atoms with Gasteiger partial charge in [0, 0.05) is 6.04 Å². The predicted octanol–water partition coefficient (Wildman–Crippen LogP) is -0.600. The van der Waals surface area contributed by atoms with E-state index in [0.29, 0.717) is 6.42 Å². The molecule has 0 aromatic rings. The Bertz CT molecular complexity index is 244. The number of hydrogen-bond acceptors (Lipinski definition) is 6. The van der Waals surface area contributed by atoms with Crippen LogP contribution in [-0.2, 0) is 9.53 Å². The fourth-order valence-electron chi connectivity index (χ4n) is 1.82. The average molecular weight is 260 g/mol. The fraction of sp³-hybridized carbons (Fsp3) is 0.917. The van der Waals surface area contributed by atoms with Crippen LogP contribution in [0.5, 0.6) is 0 Å². The summed E-state index contributed by atoms with van der Waals surface area (Å²) in [7, 11) is 7.11. The Morgan fingerprint density at radius 2 is 1.83 bits per heavy atom. The lowest BCUT2D eigenvalue weighted by molar-refractivity contribution is -0.142. The van der Waals surface area contributed by atoms with Gasteiger partial charge >= 0.3 is 5.97 Å². The summed E-state index contributed by atoms with van der Waals surface area (Å²) < 4.78 is 4.61. The Morgan fingerprint density at radius 3 is 2.22 bits per heavy atom. The van der Waals surface area contributed by atoms with Gasteiger partial charge < -0.3 is 26.4 Å². The third kappa shape index (κ3) is 5.77. The largest absolute Gasteiger partial charge is 0.468 e. The van der Waals surface area contributed by atoms with E-state index in [4.69, 9.17) is 5.73 Å². The molecular weight excluding hydrogens is 232 g/mol. The van der Waals surface area contributed by atoms with Crippen molar-refractivity contribution in [3.63, 3.8) is 0 Å². The average Bonchev–Trinajstić information content (AvgIpc) is 2.41. The van der Waals surface area contributed by atoms with Crippen LogP contribution in [0.25, 0.3) is 0 Å². The number of nitrogens with one attached hydrogen (secondary N) is 3. The standard InChI is InChI=1S/C12H28N4O2/c1-12(15-3,16-4)8-9(14-2)6-7-10(13)11(17)18-5/h9-10,14-16H,6-8,13H2,1-5H3. The molecule has 108 valence electrons. The molecule has 0 aliphatic heterocycles. The Labute approximate surface area is 110 Å². The predicted molar refractivity (Wildman–Crippen MR) is 73.2 cm³/mol. The van der Waals surface area contributed by atoms with Gasteiger partial charge in [0.25, 0.3) is 0 Å². The van der Waals surface area contributed by atoms with Crippen LogP contribution in [0.15, 0.2) is 0 Å². The number of ether oxygens (including phenoxy) is 1. The van der Waals surface area contributed by atoms with E-state index in [9.17, 15) is 4.79 Å². The highest BCUT2D eigenvalue weighted by atomic mass is 16.5. The summed E-state index contributed by atoms with van der Waals surface area (Å²) in [6.07, 6.45) is 2.33.